The highest BCUT2D eigenvalue weighted by molar-refractivity contribution is 6.33. The third-order valence-corrected chi connectivity index (χ3v) is 4.13. The molecule has 0 unspecified atom stereocenters. The van der Waals surface area contributed by atoms with Crippen LogP contribution in [-0.2, 0) is 4.79 Å². The van der Waals surface area contributed by atoms with Gasteiger partial charge >= 0.3 is 0 Å². The quantitative estimate of drug-likeness (QED) is 0.882. The van der Waals surface area contributed by atoms with Gasteiger partial charge in [0, 0.05) is 0 Å². The number of carbonyl (C=O) groups is 1. The maximum atomic E-state index is 12.9. The van der Waals surface area contributed by atoms with E-state index in [2.05, 4.69) is 10.6 Å². The van der Waals surface area contributed by atoms with E-state index < -0.39 is 5.82 Å². The fraction of sp³-hybridized carbons (Fsp3) is 0.533. The average Bonchev–Trinajstić information content (AvgIpc) is 2.43. The van der Waals surface area contributed by atoms with Gasteiger partial charge in [-0.05, 0) is 50.8 Å². The van der Waals surface area contributed by atoms with Crippen molar-refractivity contribution in [1.29, 1.82) is 0 Å². The van der Waals surface area contributed by atoms with Crippen LogP contribution in [0.1, 0.15) is 39.0 Å². The Kier molecular flexibility index (Phi) is 5.38. The molecular formula is C15H21ClFN2O+. The summed E-state index contributed by atoms with van der Waals surface area (Å²) in [6.45, 7) is 1.89. The predicted octanol–water partition coefficient (Wildman–Crippen LogP) is 2.70. The molecule has 0 spiro atoms. The molecule has 1 aliphatic carbocycles. The molecule has 1 aliphatic rings. The van der Waals surface area contributed by atoms with Crippen molar-refractivity contribution in [2.75, 3.05) is 5.32 Å². The second-order valence-electron chi connectivity index (χ2n) is 5.49. The molecule has 3 N–H and O–H groups in total. The van der Waals surface area contributed by atoms with Gasteiger partial charge in [-0.2, -0.15) is 0 Å². The molecule has 0 heterocycles. The molecule has 0 radical (unpaired) electrons. The van der Waals surface area contributed by atoms with Crippen LogP contribution in [0.25, 0.3) is 0 Å². The second kappa shape index (κ2) is 7.04. The fourth-order valence-electron chi connectivity index (χ4n) is 2.66. The Balaban J connectivity index is 1.89. The molecule has 1 saturated carbocycles. The summed E-state index contributed by atoms with van der Waals surface area (Å²) in [5.74, 6) is -0.501. The van der Waals surface area contributed by atoms with E-state index in [-0.39, 0.29) is 17.0 Å². The topological polar surface area (TPSA) is 45.7 Å². The van der Waals surface area contributed by atoms with E-state index in [1.807, 2.05) is 6.92 Å². The lowest BCUT2D eigenvalue weighted by atomic mass is 9.95. The van der Waals surface area contributed by atoms with Crippen molar-refractivity contribution in [2.45, 2.75) is 51.1 Å². The fourth-order valence-corrected chi connectivity index (χ4v) is 2.87. The number of hydrogen-bond donors (Lipinski definition) is 2. The van der Waals surface area contributed by atoms with Gasteiger partial charge in [0.15, 0.2) is 6.04 Å². The summed E-state index contributed by atoms with van der Waals surface area (Å²) in [5.41, 5.74) is 0.460. The van der Waals surface area contributed by atoms with Gasteiger partial charge in [-0.3, -0.25) is 4.79 Å². The minimum absolute atomic E-state index is 0.0934. The number of benzene rings is 1. The lowest BCUT2D eigenvalue weighted by Gasteiger charge is -2.23. The van der Waals surface area contributed by atoms with Crippen LogP contribution in [-0.4, -0.2) is 18.0 Å². The molecule has 110 valence electrons. The van der Waals surface area contributed by atoms with Gasteiger partial charge in [0.2, 0.25) is 0 Å². The standard InChI is InChI=1S/C15H20ClFN2O/c1-10(18-12-5-3-2-4-6-12)15(20)19-14-8-7-11(17)9-13(14)16/h7-10,12,18H,2-6H2,1H3,(H,19,20)/p+1/t10-/m0/s1. The molecule has 20 heavy (non-hydrogen) atoms. The van der Waals surface area contributed by atoms with Crippen LogP contribution in [0.15, 0.2) is 18.2 Å². The summed E-state index contributed by atoms with van der Waals surface area (Å²) < 4.78 is 12.9. The van der Waals surface area contributed by atoms with Crippen LogP contribution in [0.3, 0.4) is 0 Å². The highest BCUT2D eigenvalue weighted by atomic mass is 35.5. The molecule has 1 aromatic carbocycles. The lowest BCUT2D eigenvalue weighted by molar-refractivity contribution is -0.708. The minimum Gasteiger partial charge on any atom is -0.334 e. The van der Waals surface area contributed by atoms with E-state index in [9.17, 15) is 9.18 Å². The first-order chi connectivity index (χ1) is 9.56. The van der Waals surface area contributed by atoms with Crippen molar-refractivity contribution in [3.05, 3.63) is 29.0 Å². The molecule has 0 aliphatic heterocycles. The summed E-state index contributed by atoms with van der Waals surface area (Å²) >= 11 is 5.91. The van der Waals surface area contributed by atoms with E-state index in [1.165, 1.54) is 50.3 Å². The summed E-state index contributed by atoms with van der Waals surface area (Å²) in [7, 11) is 0. The predicted molar refractivity (Wildman–Crippen MR) is 78.3 cm³/mol. The maximum absolute atomic E-state index is 12.9. The van der Waals surface area contributed by atoms with Gasteiger partial charge in [-0.1, -0.05) is 18.0 Å². The van der Waals surface area contributed by atoms with Gasteiger partial charge in [-0.25, -0.2) is 4.39 Å². The molecule has 0 aromatic heterocycles. The monoisotopic (exact) mass is 299 g/mol. The van der Waals surface area contributed by atoms with Crippen molar-refractivity contribution in [2.24, 2.45) is 0 Å². The van der Waals surface area contributed by atoms with E-state index in [4.69, 9.17) is 11.6 Å². The largest absolute Gasteiger partial charge is 0.334 e. The van der Waals surface area contributed by atoms with Gasteiger partial charge in [0.25, 0.3) is 5.91 Å². The van der Waals surface area contributed by atoms with Crippen molar-refractivity contribution in [3.8, 4) is 0 Å². The first-order valence-electron chi connectivity index (χ1n) is 7.17. The summed E-state index contributed by atoms with van der Waals surface area (Å²) in [4.78, 5) is 12.1. The van der Waals surface area contributed by atoms with Gasteiger partial charge in [0.05, 0.1) is 16.8 Å². The first-order valence-corrected chi connectivity index (χ1v) is 7.55. The Morgan fingerprint density at radius 1 is 1.40 bits per heavy atom. The van der Waals surface area contributed by atoms with Gasteiger partial charge in [0.1, 0.15) is 5.82 Å². The minimum atomic E-state index is -0.408. The van der Waals surface area contributed by atoms with Crippen LogP contribution in [0.2, 0.25) is 5.02 Å². The van der Waals surface area contributed by atoms with Gasteiger partial charge < -0.3 is 10.6 Å². The Hall–Kier alpha value is -1.13. The van der Waals surface area contributed by atoms with Crippen molar-refractivity contribution in [3.63, 3.8) is 0 Å². The zero-order chi connectivity index (χ0) is 14.5. The van der Waals surface area contributed by atoms with Crippen molar-refractivity contribution >= 4 is 23.2 Å². The number of nitrogens with one attached hydrogen (secondary N) is 1. The van der Waals surface area contributed by atoms with Crippen LogP contribution in [0.5, 0.6) is 0 Å². The number of nitrogens with two attached hydrogens (primary N) is 1. The summed E-state index contributed by atoms with van der Waals surface area (Å²) in [6, 6.07) is 4.35. The summed E-state index contributed by atoms with van der Waals surface area (Å²) in [6.07, 6.45) is 6.15. The average molecular weight is 300 g/mol. The number of carbonyl (C=O) groups excluding carboxylic acids is 1. The third kappa shape index (κ3) is 4.18. The molecule has 0 saturated heterocycles. The third-order valence-electron chi connectivity index (χ3n) is 3.81. The van der Waals surface area contributed by atoms with E-state index in [0.717, 1.165) is 0 Å². The van der Waals surface area contributed by atoms with Crippen LogP contribution in [0.4, 0.5) is 10.1 Å². The maximum Gasteiger partial charge on any atom is 0.282 e. The van der Waals surface area contributed by atoms with Crippen LogP contribution >= 0.6 is 11.6 Å². The van der Waals surface area contributed by atoms with Crippen molar-refractivity contribution < 1.29 is 14.5 Å². The number of halogens is 2. The Morgan fingerprint density at radius 2 is 2.10 bits per heavy atom. The SMILES string of the molecule is C[C@H]([NH2+]C1CCCCC1)C(=O)Nc1ccc(F)cc1Cl. The zero-order valence-corrected chi connectivity index (χ0v) is 12.4. The summed E-state index contributed by atoms with van der Waals surface area (Å²) in [5, 5.41) is 5.11. The Labute approximate surface area is 123 Å². The molecule has 1 fully saturated rings. The number of anilines is 1. The first kappa shape index (κ1) is 15.3. The molecular weight excluding hydrogens is 279 g/mol. The van der Waals surface area contributed by atoms with E-state index >= 15 is 0 Å². The molecule has 0 bridgehead atoms. The van der Waals surface area contributed by atoms with E-state index in [1.54, 1.807) is 0 Å². The van der Waals surface area contributed by atoms with Crippen LogP contribution < -0.4 is 10.6 Å². The highest BCUT2D eigenvalue weighted by Gasteiger charge is 2.23. The number of amides is 1. The number of hydrogen-bond acceptors (Lipinski definition) is 1. The normalized spacial score (nSPS) is 17.8. The van der Waals surface area contributed by atoms with Crippen molar-refractivity contribution in [1.82, 2.24) is 0 Å². The number of quaternary nitrogens is 1. The second-order valence-corrected chi connectivity index (χ2v) is 5.90. The molecule has 3 nitrogen and oxygen atoms in total. The van der Waals surface area contributed by atoms with Gasteiger partial charge in [-0.15, -0.1) is 0 Å². The van der Waals surface area contributed by atoms with Crippen LogP contribution in [0, 0.1) is 5.82 Å². The zero-order valence-electron chi connectivity index (χ0n) is 11.7. The molecule has 2 rings (SSSR count). The lowest BCUT2D eigenvalue weighted by Crippen LogP contribution is -2.96. The number of rotatable bonds is 4. The Bertz CT molecular complexity index is 475. The molecule has 1 atom stereocenters. The molecule has 5 heteroatoms. The molecule has 1 amide bonds. The Morgan fingerprint density at radius 3 is 2.75 bits per heavy atom. The highest BCUT2D eigenvalue weighted by Crippen LogP contribution is 2.22. The molecule has 1 aromatic rings. The smallest absolute Gasteiger partial charge is 0.282 e. The van der Waals surface area contributed by atoms with E-state index in [0.29, 0.717) is 11.7 Å².